The van der Waals surface area contributed by atoms with Crippen molar-refractivity contribution in [1.29, 1.82) is 0 Å². The predicted octanol–water partition coefficient (Wildman–Crippen LogP) is 3.04. The van der Waals surface area contributed by atoms with E-state index in [1.54, 1.807) is 0 Å². The Labute approximate surface area is 261 Å². The fourth-order valence-electron chi connectivity index (χ4n) is 5.33. The molecule has 0 aliphatic carbocycles. The number of carbonyl (C=O) groups excluding carboxylic acids is 3. The van der Waals surface area contributed by atoms with E-state index in [9.17, 15) is 42.1 Å². The predicted molar refractivity (Wildman–Crippen MR) is 162 cm³/mol. The number of anilines is 2. The summed E-state index contributed by atoms with van der Waals surface area (Å²) >= 11 is 1.77. The molecule has 1 aromatic heterocycles. The van der Waals surface area contributed by atoms with Gasteiger partial charge in [0.1, 0.15) is 17.6 Å². The highest BCUT2D eigenvalue weighted by Crippen LogP contribution is 2.53. The maximum absolute atomic E-state index is 13.9. The van der Waals surface area contributed by atoms with Crippen molar-refractivity contribution < 1.29 is 32.1 Å². The van der Waals surface area contributed by atoms with Crippen LogP contribution >= 0.6 is 23.1 Å². The first-order valence-corrected chi connectivity index (χ1v) is 16.3. The zero-order valence-corrected chi connectivity index (χ0v) is 25.1. The minimum absolute atomic E-state index is 0.136. The van der Waals surface area contributed by atoms with E-state index in [1.807, 2.05) is 0 Å². The van der Waals surface area contributed by atoms with Gasteiger partial charge in [-0.05, 0) is 54.1 Å². The monoisotopic (exact) mass is 669 g/mol. The molecule has 3 atom stereocenters. The number of amides is 3. The van der Waals surface area contributed by atoms with Crippen LogP contribution in [0.15, 0.2) is 87.5 Å². The van der Waals surface area contributed by atoms with Gasteiger partial charge in [0.2, 0.25) is 27.7 Å². The quantitative estimate of drug-likeness (QED) is 0.169. The van der Waals surface area contributed by atoms with E-state index in [0.717, 1.165) is 28.0 Å². The molecule has 1 saturated heterocycles. The first-order valence-electron chi connectivity index (χ1n) is 13.0. The van der Waals surface area contributed by atoms with Crippen LogP contribution in [0.25, 0.3) is 0 Å². The summed E-state index contributed by atoms with van der Waals surface area (Å²) in [5, 5.41) is 18.1. The van der Waals surface area contributed by atoms with Gasteiger partial charge in [-0.15, -0.1) is 0 Å². The van der Waals surface area contributed by atoms with E-state index in [0.29, 0.717) is 15.5 Å². The van der Waals surface area contributed by atoms with E-state index in [4.69, 9.17) is 5.14 Å². The van der Waals surface area contributed by atoms with E-state index in [1.165, 1.54) is 77.4 Å². The lowest BCUT2D eigenvalue weighted by atomic mass is 9.83. The third-order valence-electron chi connectivity index (χ3n) is 7.37. The molecule has 0 saturated carbocycles. The van der Waals surface area contributed by atoms with Gasteiger partial charge in [-0.25, -0.2) is 22.8 Å². The molecule has 3 aromatic carbocycles. The summed E-state index contributed by atoms with van der Waals surface area (Å²) in [6.07, 6.45) is 0. The molecule has 230 valence electrons. The van der Waals surface area contributed by atoms with Crippen molar-refractivity contribution in [3.63, 3.8) is 0 Å². The normalized spacial score (nSPS) is 19.2. The largest absolute Gasteiger partial charge is 0.325 e. The number of halogens is 1. The summed E-state index contributed by atoms with van der Waals surface area (Å²) < 4.78 is 38.1. The number of sulfonamides is 1. The van der Waals surface area contributed by atoms with Gasteiger partial charge in [0.25, 0.3) is 5.69 Å². The molecule has 2 aliphatic rings. The molecule has 2 unspecified atom stereocenters. The fraction of sp³-hybridized carbons (Fsp3) is 0.143. The van der Waals surface area contributed by atoms with Crippen LogP contribution in [0.4, 0.5) is 21.5 Å². The van der Waals surface area contributed by atoms with Crippen molar-refractivity contribution in [3.8, 4) is 0 Å². The lowest BCUT2D eigenvalue weighted by molar-refractivity contribution is -0.384. The highest BCUT2D eigenvalue weighted by atomic mass is 32.2. The number of benzene rings is 3. The number of rotatable bonds is 7. The molecule has 0 spiro atoms. The van der Waals surface area contributed by atoms with Crippen LogP contribution in [0.2, 0.25) is 0 Å². The Bertz CT molecular complexity index is 2050. The zero-order chi connectivity index (χ0) is 32.2. The van der Waals surface area contributed by atoms with Gasteiger partial charge >= 0.3 is 4.87 Å². The number of thioether (sulfide) groups is 1. The van der Waals surface area contributed by atoms with Crippen LogP contribution < -0.4 is 20.2 Å². The van der Waals surface area contributed by atoms with Crippen LogP contribution in [-0.4, -0.2) is 40.9 Å². The lowest BCUT2D eigenvalue weighted by Crippen LogP contribution is -2.33. The van der Waals surface area contributed by atoms with Gasteiger partial charge in [-0.3, -0.25) is 33.9 Å². The van der Waals surface area contributed by atoms with Gasteiger partial charge in [0.05, 0.1) is 26.5 Å². The third-order valence-corrected chi connectivity index (χ3v) is 10.9. The number of fused-ring (bicyclic) bond motifs is 2. The molecule has 6 rings (SSSR count). The number of nitro benzene ring substituents is 1. The summed E-state index contributed by atoms with van der Waals surface area (Å²) in [6.45, 7) is -0.462. The highest BCUT2D eigenvalue weighted by molar-refractivity contribution is 8.00. The average molecular weight is 670 g/mol. The molecule has 3 heterocycles. The number of carbonyl (C=O) groups is 3. The van der Waals surface area contributed by atoms with Crippen LogP contribution in [-0.2, 0) is 31.0 Å². The number of non-ortho nitro benzene ring substituents is 1. The Balaban J connectivity index is 1.36. The smallest absolute Gasteiger partial charge is 0.308 e. The van der Waals surface area contributed by atoms with Gasteiger partial charge in [0, 0.05) is 28.6 Å². The number of nitrogens with zero attached hydrogens (tertiary/aromatic N) is 3. The average Bonchev–Trinajstić information content (AvgIpc) is 3.43. The van der Waals surface area contributed by atoms with Gasteiger partial charge in [0.15, 0.2) is 0 Å². The molecule has 45 heavy (non-hydrogen) atoms. The van der Waals surface area contributed by atoms with Crippen molar-refractivity contribution in [3.05, 3.63) is 109 Å². The second-order valence-corrected chi connectivity index (χ2v) is 13.8. The number of hydrogen-bond donors (Lipinski definition) is 2. The third kappa shape index (κ3) is 5.54. The molecular formula is C28H20FN5O8S3. The molecule has 3 N–H and O–H groups in total. The number of nitrogens with one attached hydrogen (secondary N) is 1. The second-order valence-electron chi connectivity index (χ2n) is 10.1. The Morgan fingerprint density at radius 1 is 0.978 bits per heavy atom. The summed E-state index contributed by atoms with van der Waals surface area (Å²) in [7, 11) is -3.94. The summed E-state index contributed by atoms with van der Waals surface area (Å²) in [6, 6.07) is 15.4. The van der Waals surface area contributed by atoms with Crippen LogP contribution in [0.3, 0.4) is 0 Å². The van der Waals surface area contributed by atoms with Crippen molar-refractivity contribution in [2.24, 2.45) is 11.1 Å². The van der Waals surface area contributed by atoms with Crippen LogP contribution in [0.5, 0.6) is 0 Å². The van der Waals surface area contributed by atoms with Crippen molar-refractivity contribution in [1.82, 2.24) is 4.57 Å². The SMILES string of the molecule is NS(=O)(=O)c1ccc(NC(=O)Cn2c3c(sc2=O)[C@@H](c2ccc(F)cc2)C2C(=O)N(c4ccc([N+](=O)[O-])cc4)C(=O)C2S3)cc1. The molecule has 0 radical (unpaired) electrons. The molecular weight excluding hydrogens is 650 g/mol. The van der Waals surface area contributed by atoms with Crippen LogP contribution in [0, 0.1) is 21.8 Å². The Morgan fingerprint density at radius 3 is 2.22 bits per heavy atom. The van der Waals surface area contributed by atoms with Gasteiger partial charge in [-0.1, -0.05) is 35.2 Å². The summed E-state index contributed by atoms with van der Waals surface area (Å²) in [5.74, 6) is -4.16. The Kier molecular flexibility index (Phi) is 7.64. The number of hydrogen-bond acceptors (Lipinski definition) is 10. The molecule has 17 heteroatoms. The van der Waals surface area contributed by atoms with Crippen molar-refractivity contribution >= 4 is 67.9 Å². The number of nitro groups is 1. The molecule has 1 fully saturated rings. The fourth-order valence-corrected chi connectivity index (χ4v) is 8.62. The second kappa shape index (κ2) is 11.3. The number of primary sulfonamides is 1. The Morgan fingerprint density at radius 2 is 1.62 bits per heavy atom. The van der Waals surface area contributed by atoms with E-state index < -0.39 is 67.0 Å². The van der Waals surface area contributed by atoms with E-state index >= 15 is 0 Å². The van der Waals surface area contributed by atoms with E-state index in [-0.39, 0.29) is 22.0 Å². The molecule has 13 nitrogen and oxygen atoms in total. The zero-order valence-electron chi connectivity index (χ0n) is 22.7. The van der Waals surface area contributed by atoms with Crippen molar-refractivity contribution in [2.75, 3.05) is 10.2 Å². The lowest BCUT2D eigenvalue weighted by Gasteiger charge is -2.30. The first-order chi connectivity index (χ1) is 21.3. The van der Waals surface area contributed by atoms with E-state index in [2.05, 4.69) is 5.32 Å². The highest BCUT2D eigenvalue weighted by Gasteiger charge is 2.56. The summed E-state index contributed by atoms with van der Waals surface area (Å²) in [5.41, 5.74) is 0.639. The number of aromatic nitrogens is 1. The molecule has 0 bridgehead atoms. The van der Waals surface area contributed by atoms with Gasteiger partial charge in [-0.2, -0.15) is 0 Å². The Hall–Kier alpha value is -4.71. The number of thiazole rings is 1. The topological polar surface area (TPSA) is 192 Å². The number of nitrogens with two attached hydrogens (primary N) is 1. The number of imide groups is 1. The van der Waals surface area contributed by atoms with Crippen LogP contribution in [0.1, 0.15) is 16.4 Å². The van der Waals surface area contributed by atoms with Crippen molar-refractivity contribution in [2.45, 2.75) is 27.6 Å². The minimum atomic E-state index is -3.94. The molecule has 3 amide bonds. The first kappa shape index (κ1) is 30.3. The molecule has 2 aliphatic heterocycles. The standard InChI is InChI=1S/C28H20FN5O8S3/c29-15-3-1-14(2-4-15)21-22-23(26(37)33(25(22)36)17-7-9-18(10-8-17)34(39)40)43-27-24(21)44-28(38)32(27)13-20(35)31-16-5-11-19(12-6-16)45(30,41)42/h1-12,21-23H,13H2,(H,31,35)(H2,30,41,42)/t21-,22?,23?/m0/s1. The maximum atomic E-state index is 13.9. The molecule has 4 aromatic rings. The maximum Gasteiger partial charge on any atom is 0.308 e. The minimum Gasteiger partial charge on any atom is -0.325 e. The van der Waals surface area contributed by atoms with Gasteiger partial charge < -0.3 is 5.32 Å². The summed E-state index contributed by atoms with van der Waals surface area (Å²) in [4.78, 5) is 65.1.